The topological polar surface area (TPSA) is 126 Å². The Kier molecular flexibility index (Phi) is 6.54. The number of rotatable bonds is 8. The maximum absolute atomic E-state index is 12.0. The molecule has 1 aliphatic rings. The number of hydrogen-bond donors (Lipinski definition) is 2. The zero-order chi connectivity index (χ0) is 19.1. The molecule has 9 nitrogen and oxygen atoms in total. The Morgan fingerprint density at radius 2 is 1.88 bits per heavy atom. The molecule has 2 amide bonds. The molecule has 0 radical (unpaired) electrons. The van der Waals surface area contributed by atoms with Gasteiger partial charge in [0, 0.05) is 25.1 Å². The molecule has 1 saturated heterocycles. The maximum atomic E-state index is 12.0. The van der Waals surface area contributed by atoms with E-state index in [1.165, 1.54) is 4.90 Å². The van der Waals surface area contributed by atoms with Crippen molar-refractivity contribution in [3.05, 3.63) is 29.8 Å². The van der Waals surface area contributed by atoms with E-state index in [2.05, 4.69) is 0 Å². The summed E-state index contributed by atoms with van der Waals surface area (Å²) in [5, 5.41) is 8.14. The smallest absolute Gasteiger partial charge is 0.344 e. The second-order valence-corrected chi connectivity index (χ2v) is 5.66. The maximum Gasteiger partial charge on any atom is 0.344 e. The van der Waals surface area contributed by atoms with Crippen LogP contribution in [-0.4, -0.2) is 59.8 Å². The zero-order valence-corrected chi connectivity index (χ0v) is 14.6. The van der Waals surface area contributed by atoms with Gasteiger partial charge in [0.1, 0.15) is 11.6 Å². The monoisotopic (exact) mass is 362 g/mol. The van der Waals surface area contributed by atoms with Gasteiger partial charge in [0.25, 0.3) is 0 Å². The van der Waals surface area contributed by atoms with Crippen LogP contribution in [0, 0.1) is 5.41 Å². The molecular weight excluding hydrogens is 340 g/mol. The average molecular weight is 362 g/mol. The van der Waals surface area contributed by atoms with E-state index in [1.54, 1.807) is 31.2 Å². The zero-order valence-electron chi connectivity index (χ0n) is 14.6. The molecule has 1 heterocycles. The molecule has 9 heteroatoms. The third-order valence-corrected chi connectivity index (χ3v) is 3.78. The Hall–Kier alpha value is -3.10. The highest BCUT2D eigenvalue weighted by Crippen LogP contribution is 2.13. The second kappa shape index (κ2) is 8.84. The van der Waals surface area contributed by atoms with Gasteiger partial charge in [0.2, 0.25) is 0 Å². The molecule has 140 valence electrons. The van der Waals surface area contributed by atoms with Crippen molar-refractivity contribution < 1.29 is 24.0 Å². The van der Waals surface area contributed by atoms with Crippen LogP contribution in [0.15, 0.2) is 24.3 Å². The molecule has 1 aliphatic heterocycles. The lowest BCUT2D eigenvalue weighted by molar-refractivity contribution is -0.205. The van der Waals surface area contributed by atoms with Crippen LogP contribution in [0.2, 0.25) is 0 Å². The highest BCUT2D eigenvalue weighted by Gasteiger charge is 2.34. The molecule has 0 spiro atoms. The van der Waals surface area contributed by atoms with Crippen molar-refractivity contribution in [1.29, 1.82) is 5.41 Å². The van der Waals surface area contributed by atoms with Gasteiger partial charge < -0.3 is 20.2 Å². The predicted octanol–water partition coefficient (Wildman–Crippen LogP) is 0.279. The highest BCUT2D eigenvalue weighted by atomic mass is 16.7. The summed E-state index contributed by atoms with van der Waals surface area (Å²) in [6, 6.07) is 6.81. The van der Waals surface area contributed by atoms with Crippen LogP contribution in [0.3, 0.4) is 0 Å². The largest absolute Gasteiger partial charge is 0.494 e. The molecule has 0 aliphatic carbocycles. The number of ether oxygens (including phenoxy) is 1. The van der Waals surface area contributed by atoms with Crippen LogP contribution in [0.5, 0.6) is 5.75 Å². The fourth-order valence-corrected chi connectivity index (χ4v) is 2.32. The summed E-state index contributed by atoms with van der Waals surface area (Å²) < 4.78 is 5.57. The van der Waals surface area contributed by atoms with Crippen LogP contribution in [0.25, 0.3) is 0 Å². The average Bonchev–Trinajstić information content (AvgIpc) is 2.64. The number of carbonyl (C=O) groups is 3. The number of nitrogens with zero attached hydrogens (tertiary/aromatic N) is 2. The summed E-state index contributed by atoms with van der Waals surface area (Å²) in [7, 11) is 0. The number of nitrogens with two attached hydrogens (primary N) is 1. The van der Waals surface area contributed by atoms with E-state index in [0.717, 1.165) is 5.06 Å². The first-order valence-electron chi connectivity index (χ1n) is 8.31. The molecule has 2 rings (SSSR count). The van der Waals surface area contributed by atoms with Gasteiger partial charge in [0.15, 0.2) is 0 Å². The van der Waals surface area contributed by atoms with Gasteiger partial charge in [-0.25, -0.2) is 4.79 Å². The molecule has 0 unspecified atom stereocenters. The standard InChI is InChI=1S/C17H22N4O5/c1-2-14(22)26-21-10-9-20(16(23)17(21)24)8-3-11-25-13-6-4-12(5-7-13)15(18)19/h4-7H,2-3,8-11H2,1H3,(H3,18,19). The normalized spacial score (nSPS) is 14.3. The number of nitrogens with one attached hydrogen (secondary N) is 1. The molecule has 1 fully saturated rings. The van der Waals surface area contributed by atoms with Crippen LogP contribution in [0.1, 0.15) is 25.3 Å². The predicted molar refractivity (Wildman–Crippen MR) is 92.2 cm³/mol. The summed E-state index contributed by atoms with van der Waals surface area (Å²) >= 11 is 0. The molecule has 0 bridgehead atoms. The molecule has 1 aromatic carbocycles. The van der Waals surface area contributed by atoms with Gasteiger partial charge in [-0.2, -0.15) is 5.06 Å². The first-order valence-corrected chi connectivity index (χ1v) is 8.31. The van der Waals surface area contributed by atoms with Crippen molar-refractivity contribution >= 4 is 23.6 Å². The summed E-state index contributed by atoms with van der Waals surface area (Å²) in [5.41, 5.74) is 6.00. The Balaban J connectivity index is 1.74. The molecule has 0 atom stereocenters. The first kappa shape index (κ1) is 19.2. The summed E-state index contributed by atoms with van der Waals surface area (Å²) in [6.45, 7) is 2.80. The van der Waals surface area contributed by atoms with Gasteiger partial charge in [-0.1, -0.05) is 6.92 Å². The molecule has 1 aromatic rings. The lowest BCUT2D eigenvalue weighted by Gasteiger charge is -2.32. The van der Waals surface area contributed by atoms with E-state index < -0.39 is 17.8 Å². The number of amidine groups is 1. The lowest BCUT2D eigenvalue weighted by Crippen LogP contribution is -2.54. The number of amides is 2. The number of nitrogen functional groups attached to an aromatic ring is 1. The number of benzene rings is 1. The van der Waals surface area contributed by atoms with Gasteiger partial charge in [-0.15, -0.1) is 0 Å². The van der Waals surface area contributed by atoms with Crippen LogP contribution < -0.4 is 10.5 Å². The third-order valence-electron chi connectivity index (χ3n) is 3.78. The third kappa shape index (κ3) is 4.95. The fourth-order valence-electron chi connectivity index (χ4n) is 2.32. The number of hydroxylamine groups is 2. The van der Waals surface area contributed by atoms with Crippen molar-refractivity contribution in [2.45, 2.75) is 19.8 Å². The van der Waals surface area contributed by atoms with E-state index in [9.17, 15) is 14.4 Å². The molecule has 3 N–H and O–H groups in total. The summed E-state index contributed by atoms with van der Waals surface area (Å²) in [4.78, 5) is 41.5. The molecule has 0 aromatic heterocycles. The summed E-state index contributed by atoms with van der Waals surface area (Å²) in [5.74, 6) is -1.45. The Labute approximate surface area is 151 Å². The SMILES string of the molecule is CCC(=O)ON1CCN(CCCOc2ccc(C(=N)N)cc2)C(=O)C1=O. The van der Waals surface area contributed by atoms with Gasteiger partial charge >= 0.3 is 17.8 Å². The first-order chi connectivity index (χ1) is 12.4. The minimum absolute atomic E-state index is 0.0107. The Morgan fingerprint density at radius 3 is 2.50 bits per heavy atom. The van der Waals surface area contributed by atoms with Gasteiger partial charge in [-0.05, 0) is 30.7 Å². The van der Waals surface area contributed by atoms with Gasteiger partial charge in [-0.3, -0.25) is 15.0 Å². The van der Waals surface area contributed by atoms with E-state index in [4.69, 9.17) is 20.7 Å². The van der Waals surface area contributed by atoms with Crippen molar-refractivity contribution in [1.82, 2.24) is 9.96 Å². The molecule has 0 saturated carbocycles. The van der Waals surface area contributed by atoms with E-state index in [-0.39, 0.29) is 18.8 Å². The second-order valence-electron chi connectivity index (χ2n) is 5.66. The minimum atomic E-state index is -0.834. The minimum Gasteiger partial charge on any atom is -0.494 e. The fraction of sp³-hybridized carbons (Fsp3) is 0.412. The number of hydrogen-bond acceptors (Lipinski definition) is 6. The van der Waals surface area contributed by atoms with Crippen LogP contribution >= 0.6 is 0 Å². The summed E-state index contributed by atoms with van der Waals surface area (Å²) in [6.07, 6.45) is 0.675. The van der Waals surface area contributed by atoms with E-state index >= 15 is 0 Å². The van der Waals surface area contributed by atoms with Crippen LogP contribution in [-0.2, 0) is 19.2 Å². The molecule has 26 heavy (non-hydrogen) atoms. The highest BCUT2D eigenvalue weighted by molar-refractivity contribution is 6.35. The lowest BCUT2D eigenvalue weighted by atomic mass is 10.2. The van der Waals surface area contributed by atoms with E-state index in [1.807, 2.05) is 0 Å². The molecular formula is C17H22N4O5. The number of carbonyl (C=O) groups excluding carboxylic acids is 3. The quantitative estimate of drug-likeness (QED) is 0.296. The van der Waals surface area contributed by atoms with Gasteiger partial charge in [0.05, 0.1) is 13.2 Å². The van der Waals surface area contributed by atoms with Crippen molar-refractivity contribution in [3.8, 4) is 5.75 Å². The van der Waals surface area contributed by atoms with Crippen molar-refractivity contribution in [2.75, 3.05) is 26.2 Å². The van der Waals surface area contributed by atoms with E-state index in [0.29, 0.717) is 37.4 Å². The van der Waals surface area contributed by atoms with Crippen LogP contribution in [0.4, 0.5) is 0 Å². The Morgan fingerprint density at radius 1 is 1.19 bits per heavy atom. The Bertz CT molecular complexity index is 689. The van der Waals surface area contributed by atoms with Crippen molar-refractivity contribution in [2.24, 2.45) is 5.73 Å². The van der Waals surface area contributed by atoms with Crippen molar-refractivity contribution in [3.63, 3.8) is 0 Å². The number of piperazine rings is 1.